The monoisotopic (exact) mass is 212 g/mol. The van der Waals surface area contributed by atoms with Gasteiger partial charge in [-0.05, 0) is 39.3 Å². The minimum absolute atomic E-state index is 0.735. The number of nitrogens with zero attached hydrogens (tertiary/aromatic N) is 1. The van der Waals surface area contributed by atoms with Gasteiger partial charge < -0.3 is 5.32 Å². The molecule has 0 radical (unpaired) electrons. The van der Waals surface area contributed by atoms with Gasteiger partial charge in [-0.1, -0.05) is 27.2 Å². The largest absolute Gasteiger partial charge is 0.313 e. The molecule has 90 valence electrons. The molecule has 1 fully saturated rings. The molecule has 0 saturated heterocycles. The van der Waals surface area contributed by atoms with Crippen molar-refractivity contribution in [3.05, 3.63) is 0 Å². The average molecular weight is 212 g/mol. The van der Waals surface area contributed by atoms with Crippen molar-refractivity contribution in [1.29, 1.82) is 0 Å². The van der Waals surface area contributed by atoms with Gasteiger partial charge in [-0.15, -0.1) is 0 Å². The standard InChI is InChI=1S/C13H28N2/c1-5-11(4)15(7-3)13-10-8-9-12(13)14-6-2/h11-14H,5-10H2,1-4H3. The maximum Gasteiger partial charge on any atom is 0.0252 e. The molecular formula is C13H28N2. The van der Waals surface area contributed by atoms with Crippen LogP contribution in [0.15, 0.2) is 0 Å². The third kappa shape index (κ3) is 3.18. The third-order valence-electron chi connectivity index (χ3n) is 3.89. The molecule has 1 aliphatic rings. The predicted octanol–water partition coefficient (Wildman–Crippen LogP) is 2.64. The summed E-state index contributed by atoms with van der Waals surface area (Å²) in [5.74, 6) is 0. The lowest BCUT2D eigenvalue weighted by Crippen LogP contribution is -2.50. The molecule has 2 nitrogen and oxygen atoms in total. The smallest absolute Gasteiger partial charge is 0.0252 e. The zero-order chi connectivity index (χ0) is 11.3. The van der Waals surface area contributed by atoms with Gasteiger partial charge in [0.05, 0.1) is 0 Å². The minimum atomic E-state index is 0.735. The van der Waals surface area contributed by atoms with E-state index in [2.05, 4.69) is 37.9 Å². The fourth-order valence-electron chi connectivity index (χ4n) is 2.95. The van der Waals surface area contributed by atoms with Crippen molar-refractivity contribution in [2.24, 2.45) is 0 Å². The van der Waals surface area contributed by atoms with E-state index in [0.29, 0.717) is 0 Å². The molecule has 0 aromatic carbocycles. The first kappa shape index (κ1) is 13.0. The second kappa shape index (κ2) is 6.49. The summed E-state index contributed by atoms with van der Waals surface area (Å²) < 4.78 is 0. The van der Waals surface area contributed by atoms with Crippen LogP contribution in [-0.4, -0.2) is 36.1 Å². The van der Waals surface area contributed by atoms with Gasteiger partial charge in [0.2, 0.25) is 0 Å². The van der Waals surface area contributed by atoms with Crippen LogP contribution in [0.4, 0.5) is 0 Å². The Morgan fingerprint density at radius 3 is 2.53 bits per heavy atom. The van der Waals surface area contributed by atoms with Crippen LogP contribution >= 0.6 is 0 Å². The molecule has 0 spiro atoms. The zero-order valence-electron chi connectivity index (χ0n) is 10.9. The van der Waals surface area contributed by atoms with E-state index in [4.69, 9.17) is 0 Å². The molecule has 0 heterocycles. The quantitative estimate of drug-likeness (QED) is 0.728. The molecule has 0 aliphatic heterocycles. The summed E-state index contributed by atoms with van der Waals surface area (Å²) >= 11 is 0. The van der Waals surface area contributed by atoms with Crippen molar-refractivity contribution < 1.29 is 0 Å². The molecular weight excluding hydrogens is 184 g/mol. The molecule has 0 aromatic heterocycles. The molecule has 1 N–H and O–H groups in total. The summed E-state index contributed by atoms with van der Waals surface area (Å²) in [6.07, 6.45) is 5.42. The van der Waals surface area contributed by atoms with Crippen molar-refractivity contribution in [1.82, 2.24) is 10.2 Å². The van der Waals surface area contributed by atoms with Crippen molar-refractivity contribution in [2.75, 3.05) is 13.1 Å². The summed E-state index contributed by atoms with van der Waals surface area (Å²) in [6, 6.07) is 2.26. The highest BCUT2D eigenvalue weighted by molar-refractivity contribution is 4.91. The summed E-state index contributed by atoms with van der Waals surface area (Å²) in [5.41, 5.74) is 0. The van der Waals surface area contributed by atoms with E-state index in [1.807, 2.05) is 0 Å². The molecule has 0 amide bonds. The van der Waals surface area contributed by atoms with Crippen LogP contribution in [0.25, 0.3) is 0 Å². The lowest BCUT2D eigenvalue weighted by atomic mass is 10.1. The van der Waals surface area contributed by atoms with Gasteiger partial charge in [-0.3, -0.25) is 4.90 Å². The summed E-state index contributed by atoms with van der Waals surface area (Å²) in [5, 5.41) is 3.65. The molecule has 1 saturated carbocycles. The van der Waals surface area contributed by atoms with Gasteiger partial charge >= 0.3 is 0 Å². The highest BCUT2D eigenvalue weighted by atomic mass is 15.2. The molecule has 2 heteroatoms. The molecule has 15 heavy (non-hydrogen) atoms. The van der Waals surface area contributed by atoms with E-state index in [0.717, 1.165) is 24.7 Å². The Bertz CT molecular complexity index is 170. The Kier molecular flexibility index (Phi) is 5.62. The van der Waals surface area contributed by atoms with Crippen molar-refractivity contribution in [3.8, 4) is 0 Å². The van der Waals surface area contributed by atoms with E-state index >= 15 is 0 Å². The zero-order valence-corrected chi connectivity index (χ0v) is 10.9. The van der Waals surface area contributed by atoms with Crippen LogP contribution in [0.1, 0.15) is 53.4 Å². The van der Waals surface area contributed by atoms with E-state index in [-0.39, 0.29) is 0 Å². The van der Waals surface area contributed by atoms with Crippen LogP contribution in [0.5, 0.6) is 0 Å². The third-order valence-corrected chi connectivity index (χ3v) is 3.89. The number of likely N-dealkylation sites (N-methyl/N-ethyl adjacent to an activating group) is 2. The molecule has 1 aliphatic carbocycles. The first-order valence-electron chi connectivity index (χ1n) is 6.73. The average Bonchev–Trinajstić information content (AvgIpc) is 2.68. The van der Waals surface area contributed by atoms with E-state index in [1.54, 1.807) is 0 Å². The highest BCUT2D eigenvalue weighted by Gasteiger charge is 2.32. The molecule has 1 rings (SSSR count). The maximum absolute atomic E-state index is 3.65. The predicted molar refractivity (Wildman–Crippen MR) is 67.2 cm³/mol. The van der Waals surface area contributed by atoms with Crippen molar-refractivity contribution in [3.63, 3.8) is 0 Å². The fraction of sp³-hybridized carbons (Fsp3) is 1.00. The van der Waals surface area contributed by atoms with Gasteiger partial charge in [-0.2, -0.15) is 0 Å². The SMILES string of the molecule is CCNC1CCCC1N(CC)C(C)CC. The molecule has 0 aromatic rings. The second-order valence-corrected chi connectivity index (χ2v) is 4.75. The van der Waals surface area contributed by atoms with E-state index < -0.39 is 0 Å². The van der Waals surface area contributed by atoms with Crippen LogP contribution < -0.4 is 5.32 Å². The Hall–Kier alpha value is -0.0800. The highest BCUT2D eigenvalue weighted by Crippen LogP contribution is 2.26. The summed E-state index contributed by atoms with van der Waals surface area (Å²) in [7, 11) is 0. The Morgan fingerprint density at radius 2 is 2.00 bits per heavy atom. The minimum Gasteiger partial charge on any atom is -0.313 e. The topological polar surface area (TPSA) is 15.3 Å². The van der Waals surface area contributed by atoms with Gasteiger partial charge in [0.15, 0.2) is 0 Å². The van der Waals surface area contributed by atoms with Crippen LogP contribution in [-0.2, 0) is 0 Å². The van der Waals surface area contributed by atoms with Gasteiger partial charge in [0.25, 0.3) is 0 Å². The lowest BCUT2D eigenvalue weighted by Gasteiger charge is -2.36. The van der Waals surface area contributed by atoms with Crippen LogP contribution in [0, 0.1) is 0 Å². The maximum atomic E-state index is 3.65. The number of hydrogen-bond acceptors (Lipinski definition) is 2. The number of nitrogens with one attached hydrogen (secondary N) is 1. The van der Waals surface area contributed by atoms with Crippen LogP contribution in [0.2, 0.25) is 0 Å². The van der Waals surface area contributed by atoms with E-state index in [9.17, 15) is 0 Å². The first-order valence-corrected chi connectivity index (χ1v) is 6.73. The lowest BCUT2D eigenvalue weighted by molar-refractivity contribution is 0.130. The molecule has 3 atom stereocenters. The first-order chi connectivity index (χ1) is 7.24. The molecule has 0 bridgehead atoms. The summed E-state index contributed by atoms with van der Waals surface area (Å²) in [4.78, 5) is 2.69. The Morgan fingerprint density at radius 1 is 1.27 bits per heavy atom. The van der Waals surface area contributed by atoms with Gasteiger partial charge in [0, 0.05) is 18.1 Å². The van der Waals surface area contributed by atoms with Crippen LogP contribution in [0.3, 0.4) is 0 Å². The Balaban J connectivity index is 2.57. The van der Waals surface area contributed by atoms with Gasteiger partial charge in [-0.25, -0.2) is 0 Å². The molecule has 3 unspecified atom stereocenters. The van der Waals surface area contributed by atoms with Crippen molar-refractivity contribution in [2.45, 2.75) is 71.5 Å². The van der Waals surface area contributed by atoms with Gasteiger partial charge in [0.1, 0.15) is 0 Å². The summed E-state index contributed by atoms with van der Waals surface area (Å²) in [6.45, 7) is 11.5. The normalized spacial score (nSPS) is 28.6. The second-order valence-electron chi connectivity index (χ2n) is 4.75. The fourth-order valence-corrected chi connectivity index (χ4v) is 2.95. The van der Waals surface area contributed by atoms with E-state index in [1.165, 1.54) is 32.2 Å². The number of hydrogen-bond donors (Lipinski definition) is 1. The number of rotatable bonds is 6. The Labute approximate surface area is 95.4 Å². The van der Waals surface area contributed by atoms with Crippen molar-refractivity contribution >= 4 is 0 Å².